The lowest BCUT2D eigenvalue weighted by molar-refractivity contribution is -0.146. The first kappa shape index (κ1) is 17.6. The quantitative estimate of drug-likeness (QED) is 0.364. The van der Waals surface area contributed by atoms with Crippen LogP contribution in [0.1, 0.15) is 33.1 Å². The van der Waals surface area contributed by atoms with Crippen LogP contribution in [0.2, 0.25) is 0 Å². The zero-order valence-electron chi connectivity index (χ0n) is 11.9. The molecule has 1 amide bonds. The Kier molecular flexibility index (Phi) is 8.78. The van der Waals surface area contributed by atoms with Crippen molar-refractivity contribution in [1.29, 1.82) is 0 Å². The second-order valence-corrected chi connectivity index (χ2v) is 4.67. The summed E-state index contributed by atoms with van der Waals surface area (Å²) in [6.45, 7) is 7.12. The Morgan fingerprint density at radius 1 is 1.37 bits per heavy atom. The number of hydrogen-bond acceptors (Lipinski definition) is 5. The van der Waals surface area contributed by atoms with Crippen LogP contribution in [0.3, 0.4) is 0 Å². The Hall–Kier alpha value is -1.43. The Labute approximate surface area is 114 Å². The van der Waals surface area contributed by atoms with Gasteiger partial charge in [-0.1, -0.05) is 13.8 Å². The van der Waals surface area contributed by atoms with Crippen LogP contribution in [0.4, 0.5) is 0 Å². The van der Waals surface area contributed by atoms with Gasteiger partial charge in [-0.2, -0.15) is 0 Å². The molecule has 0 bridgehead atoms. The van der Waals surface area contributed by atoms with Gasteiger partial charge in [0.1, 0.15) is 12.1 Å². The van der Waals surface area contributed by atoms with Gasteiger partial charge < -0.3 is 15.2 Å². The summed E-state index contributed by atoms with van der Waals surface area (Å²) in [5.74, 6) is -0.877. The van der Waals surface area contributed by atoms with Crippen molar-refractivity contribution in [3.05, 3.63) is 0 Å². The molecule has 0 unspecified atom stereocenters. The molecule has 0 radical (unpaired) electrons. The lowest BCUT2D eigenvalue weighted by Gasteiger charge is -2.21. The van der Waals surface area contributed by atoms with Gasteiger partial charge in [-0.15, -0.1) is 0 Å². The number of esters is 1. The van der Waals surface area contributed by atoms with E-state index in [4.69, 9.17) is 5.11 Å². The second kappa shape index (κ2) is 9.49. The molecule has 0 saturated heterocycles. The average molecular weight is 272 g/mol. The summed E-state index contributed by atoms with van der Waals surface area (Å²) in [5, 5.41) is 11.3. The molecule has 0 aromatic rings. The second-order valence-electron chi connectivity index (χ2n) is 4.67. The van der Waals surface area contributed by atoms with Gasteiger partial charge in [0.2, 0.25) is 5.91 Å². The van der Waals surface area contributed by atoms with E-state index in [1.165, 1.54) is 7.11 Å². The van der Waals surface area contributed by atoms with Crippen molar-refractivity contribution < 1.29 is 19.4 Å². The summed E-state index contributed by atoms with van der Waals surface area (Å²) < 4.78 is 4.65. The number of hydrogen-bond donors (Lipinski definition) is 2. The highest BCUT2D eigenvalue weighted by Crippen LogP contribution is 2.08. The molecule has 0 aliphatic carbocycles. The molecule has 0 aliphatic heterocycles. The largest absolute Gasteiger partial charge is 0.467 e. The molecular weight excluding hydrogens is 248 g/mol. The van der Waals surface area contributed by atoms with Crippen molar-refractivity contribution in [1.82, 2.24) is 5.32 Å². The number of unbranched alkanes of at least 4 members (excludes halogenated alkanes) is 1. The average Bonchev–Trinajstić information content (AvgIpc) is 2.39. The van der Waals surface area contributed by atoms with Crippen LogP contribution >= 0.6 is 0 Å². The fraction of sp³-hybridized carbons (Fsp3) is 0.769. The number of carbonyl (C=O) groups is 2. The van der Waals surface area contributed by atoms with E-state index in [-0.39, 0.29) is 18.4 Å². The van der Waals surface area contributed by atoms with Crippen LogP contribution in [-0.2, 0) is 14.3 Å². The molecular formula is C13H24N2O4. The van der Waals surface area contributed by atoms with Crippen LogP contribution in [0.25, 0.3) is 0 Å². The lowest BCUT2D eigenvalue weighted by atomic mass is 10.0. The van der Waals surface area contributed by atoms with Crippen LogP contribution in [0, 0.1) is 5.92 Å². The molecule has 0 aromatic heterocycles. The van der Waals surface area contributed by atoms with Crippen molar-refractivity contribution >= 4 is 18.6 Å². The van der Waals surface area contributed by atoms with E-state index in [2.05, 4.69) is 21.8 Å². The van der Waals surface area contributed by atoms with E-state index < -0.39 is 18.1 Å². The highest BCUT2D eigenvalue weighted by Gasteiger charge is 2.27. The number of aliphatic hydroxyl groups is 1. The summed E-state index contributed by atoms with van der Waals surface area (Å²) >= 11 is 0. The maximum absolute atomic E-state index is 12.0. The fourth-order valence-corrected chi connectivity index (χ4v) is 1.63. The fourth-order valence-electron chi connectivity index (χ4n) is 1.63. The third-order valence-corrected chi connectivity index (χ3v) is 2.83. The van der Waals surface area contributed by atoms with Crippen molar-refractivity contribution in [2.75, 3.05) is 13.7 Å². The van der Waals surface area contributed by atoms with Crippen molar-refractivity contribution in [2.45, 2.75) is 45.2 Å². The summed E-state index contributed by atoms with van der Waals surface area (Å²) in [6.07, 6.45) is 1.80. The molecule has 0 aliphatic rings. The summed E-state index contributed by atoms with van der Waals surface area (Å²) in [5.41, 5.74) is 0. The number of ether oxygens (including phenoxy) is 1. The molecule has 0 aromatic carbocycles. The van der Waals surface area contributed by atoms with Gasteiger partial charge in [0.05, 0.1) is 7.11 Å². The van der Waals surface area contributed by atoms with E-state index in [0.29, 0.717) is 19.3 Å². The zero-order valence-corrected chi connectivity index (χ0v) is 11.9. The number of aliphatic hydroxyl groups excluding tert-OH is 1. The van der Waals surface area contributed by atoms with Gasteiger partial charge in [-0.05, 0) is 31.9 Å². The topological polar surface area (TPSA) is 88.0 Å². The van der Waals surface area contributed by atoms with E-state index in [1.54, 1.807) is 0 Å². The van der Waals surface area contributed by atoms with Crippen molar-refractivity contribution in [3.8, 4) is 0 Å². The predicted octanol–water partition coefficient (Wildman–Crippen LogP) is 0.532. The molecule has 2 atom stereocenters. The molecule has 6 nitrogen and oxygen atoms in total. The zero-order chi connectivity index (χ0) is 14.8. The molecule has 19 heavy (non-hydrogen) atoms. The highest BCUT2D eigenvalue weighted by atomic mass is 16.5. The predicted molar refractivity (Wildman–Crippen MR) is 73.1 cm³/mol. The van der Waals surface area contributed by atoms with Crippen LogP contribution in [0.5, 0.6) is 0 Å². The molecule has 0 heterocycles. The third-order valence-electron chi connectivity index (χ3n) is 2.83. The van der Waals surface area contributed by atoms with Gasteiger partial charge in [-0.3, -0.25) is 9.79 Å². The number of methoxy groups -OCH3 is 1. The number of carbonyl (C=O) groups excluding carboxylic acids is 2. The monoisotopic (exact) mass is 272 g/mol. The maximum atomic E-state index is 12.0. The molecule has 6 heteroatoms. The van der Waals surface area contributed by atoms with E-state index in [1.807, 2.05) is 13.8 Å². The minimum Gasteiger partial charge on any atom is -0.467 e. The first-order chi connectivity index (χ1) is 8.97. The van der Waals surface area contributed by atoms with E-state index >= 15 is 0 Å². The molecule has 110 valence electrons. The minimum atomic E-state index is -0.681. The number of amides is 1. The Morgan fingerprint density at radius 2 is 2.00 bits per heavy atom. The molecule has 0 rings (SSSR count). The van der Waals surface area contributed by atoms with Gasteiger partial charge in [0.15, 0.2) is 0 Å². The third kappa shape index (κ3) is 6.33. The normalized spacial score (nSPS) is 13.7. The van der Waals surface area contributed by atoms with Gasteiger partial charge in [0.25, 0.3) is 0 Å². The smallest absolute Gasteiger partial charge is 0.328 e. The van der Waals surface area contributed by atoms with Gasteiger partial charge in [0, 0.05) is 6.61 Å². The van der Waals surface area contributed by atoms with Crippen LogP contribution in [0.15, 0.2) is 4.99 Å². The lowest BCUT2D eigenvalue weighted by Crippen LogP contribution is -2.48. The van der Waals surface area contributed by atoms with Gasteiger partial charge >= 0.3 is 5.97 Å². The number of nitrogens with one attached hydrogen (secondary N) is 1. The first-order valence-corrected chi connectivity index (χ1v) is 6.42. The standard InChI is InChI=1S/C13H24N2O4/c1-9(2)11(13(18)19-4)15-12(17)10(14-3)7-5-6-8-16/h9-11,16H,3,5-8H2,1-2,4H3,(H,15,17)/t10-,11-/m0/s1. The summed E-state index contributed by atoms with van der Waals surface area (Å²) in [7, 11) is 1.29. The Balaban J connectivity index is 4.51. The van der Waals surface area contributed by atoms with E-state index in [0.717, 1.165) is 0 Å². The SMILES string of the molecule is C=N[C@@H](CCCCO)C(=O)N[C@H](C(=O)OC)C(C)C. The van der Waals surface area contributed by atoms with Gasteiger partial charge in [-0.25, -0.2) is 4.79 Å². The summed E-state index contributed by atoms with van der Waals surface area (Å²) in [4.78, 5) is 27.3. The van der Waals surface area contributed by atoms with Crippen LogP contribution < -0.4 is 5.32 Å². The molecule has 0 saturated carbocycles. The molecule has 0 fully saturated rings. The van der Waals surface area contributed by atoms with Crippen LogP contribution in [-0.4, -0.2) is 49.5 Å². The van der Waals surface area contributed by atoms with Crippen molar-refractivity contribution in [2.24, 2.45) is 10.9 Å². The molecule has 2 N–H and O–H groups in total. The summed E-state index contributed by atoms with van der Waals surface area (Å²) in [6, 6.07) is -1.28. The maximum Gasteiger partial charge on any atom is 0.328 e. The number of aliphatic imine (C=N–C) groups is 1. The van der Waals surface area contributed by atoms with Crippen molar-refractivity contribution in [3.63, 3.8) is 0 Å². The number of nitrogens with zero attached hydrogens (tertiary/aromatic N) is 1. The Morgan fingerprint density at radius 3 is 2.42 bits per heavy atom. The first-order valence-electron chi connectivity index (χ1n) is 6.42. The minimum absolute atomic E-state index is 0.0701. The molecule has 0 spiro atoms. The van der Waals surface area contributed by atoms with E-state index in [9.17, 15) is 9.59 Å². The number of rotatable bonds is 9. The highest BCUT2D eigenvalue weighted by molar-refractivity contribution is 5.88. The Bertz CT molecular complexity index is 305.